The molecule has 0 saturated heterocycles. The van der Waals surface area contributed by atoms with E-state index in [-0.39, 0.29) is 6.61 Å². The molecule has 84 valence electrons. The summed E-state index contributed by atoms with van der Waals surface area (Å²) in [5, 5.41) is 10.4. The van der Waals surface area contributed by atoms with Gasteiger partial charge in [0.05, 0.1) is 11.5 Å². The fourth-order valence-corrected chi connectivity index (χ4v) is 2.70. The van der Waals surface area contributed by atoms with E-state index >= 15 is 0 Å². The van der Waals surface area contributed by atoms with Crippen LogP contribution in [0.2, 0.25) is 5.15 Å². The van der Waals surface area contributed by atoms with E-state index in [1.165, 1.54) is 24.2 Å². The van der Waals surface area contributed by atoms with E-state index in [9.17, 15) is 0 Å². The van der Waals surface area contributed by atoms with Crippen LogP contribution in [0.5, 0.6) is 0 Å². The molecule has 1 aromatic rings. The number of hydrogen-bond donors (Lipinski definition) is 1. The third-order valence-corrected chi connectivity index (χ3v) is 4.14. The van der Waals surface area contributed by atoms with Gasteiger partial charge in [0, 0.05) is 13.1 Å². The molecule has 0 aliphatic heterocycles. The Morgan fingerprint density at radius 1 is 1.60 bits per heavy atom. The summed E-state index contributed by atoms with van der Waals surface area (Å²) in [5.74, 6) is 0.838. The van der Waals surface area contributed by atoms with Crippen LogP contribution in [0.1, 0.15) is 24.6 Å². The Balaban J connectivity index is 2.10. The van der Waals surface area contributed by atoms with Crippen molar-refractivity contribution in [2.24, 2.45) is 5.92 Å². The van der Waals surface area contributed by atoms with Gasteiger partial charge in [-0.3, -0.25) is 0 Å². The van der Waals surface area contributed by atoms with Crippen LogP contribution >= 0.6 is 22.9 Å². The van der Waals surface area contributed by atoms with Crippen LogP contribution in [0.4, 0.5) is 5.13 Å². The van der Waals surface area contributed by atoms with E-state index in [4.69, 9.17) is 16.7 Å². The molecule has 1 N–H and O–H groups in total. The Bertz CT molecular complexity index is 338. The average Bonchev–Trinajstić information content (AvgIpc) is 2.98. The lowest BCUT2D eigenvalue weighted by Crippen LogP contribution is -2.24. The zero-order chi connectivity index (χ0) is 10.8. The maximum Gasteiger partial charge on any atom is 0.187 e. The molecule has 1 aliphatic rings. The Hall–Kier alpha value is -0.320. The van der Waals surface area contributed by atoms with Crippen molar-refractivity contribution in [1.29, 1.82) is 0 Å². The third kappa shape index (κ3) is 2.62. The highest BCUT2D eigenvalue weighted by atomic mass is 35.5. The number of aliphatic hydroxyl groups excluding tert-OH is 1. The summed E-state index contributed by atoms with van der Waals surface area (Å²) in [4.78, 5) is 7.29. The highest BCUT2D eigenvalue weighted by Gasteiger charge is 2.25. The van der Waals surface area contributed by atoms with Crippen molar-refractivity contribution >= 4 is 28.1 Å². The van der Waals surface area contributed by atoms with Gasteiger partial charge in [-0.1, -0.05) is 22.9 Å². The fraction of sp³-hybridized carbons (Fsp3) is 0.700. The summed E-state index contributed by atoms with van der Waals surface area (Å²) in [6.45, 7) is 4.13. The second kappa shape index (κ2) is 4.68. The highest BCUT2D eigenvalue weighted by Crippen LogP contribution is 2.34. The van der Waals surface area contributed by atoms with E-state index in [2.05, 4.69) is 16.8 Å². The van der Waals surface area contributed by atoms with Crippen LogP contribution in [0.3, 0.4) is 0 Å². The second-order valence-corrected chi connectivity index (χ2v) is 5.27. The van der Waals surface area contributed by atoms with Crippen LogP contribution in [0.15, 0.2) is 0 Å². The molecule has 2 rings (SSSR count). The Kier molecular flexibility index (Phi) is 3.49. The Labute approximate surface area is 98.7 Å². The van der Waals surface area contributed by atoms with Gasteiger partial charge in [-0.2, -0.15) is 0 Å². The summed E-state index contributed by atoms with van der Waals surface area (Å²) >= 11 is 7.41. The number of aliphatic hydroxyl groups is 1. The van der Waals surface area contributed by atoms with E-state index in [1.807, 2.05) is 0 Å². The number of hydrogen-bond acceptors (Lipinski definition) is 4. The zero-order valence-electron chi connectivity index (χ0n) is 8.74. The van der Waals surface area contributed by atoms with E-state index in [0.717, 1.165) is 29.0 Å². The van der Waals surface area contributed by atoms with Gasteiger partial charge in [0.2, 0.25) is 0 Å². The molecule has 1 aromatic heterocycles. The second-order valence-electron chi connectivity index (χ2n) is 3.85. The van der Waals surface area contributed by atoms with Crippen LogP contribution in [0.25, 0.3) is 0 Å². The molecular formula is C10H15ClN2OS. The lowest BCUT2D eigenvalue weighted by molar-refractivity contribution is 0.285. The molecule has 0 spiro atoms. The van der Waals surface area contributed by atoms with Crippen LogP contribution in [-0.4, -0.2) is 23.2 Å². The van der Waals surface area contributed by atoms with Gasteiger partial charge in [-0.15, -0.1) is 0 Å². The number of anilines is 1. The predicted molar refractivity (Wildman–Crippen MR) is 63.7 cm³/mol. The minimum absolute atomic E-state index is 0.0164. The first-order valence-electron chi connectivity index (χ1n) is 5.25. The maximum absolute atomic E-state index is 9.05. The first kappa shape index (κ1) is 11.2. The molecule has 0 aromatic carbocycles. The Morgan fingerprint density at radius 3 is 2.80 bits per heavy atom. The van der Waals surface area contributed by atoms with Crippen LogP contribution in [-0.2, 0) is 6.61 Å². The summed E-state index contributed by atoms with van der Waals surface area (Å²) < 4.78 is 0. The minimum atomic E-state index is -0.0164. The van der Waals surface area contributed by atoms with Crippen molar-refractivity contribution in [2.45, 2.75) is 26.4 Å². The summed E-state index contributed by atoms with van der Waals surface area (Å²) in [6.07, 6.45) is 2.67. The molecule has 15 heavy (non-hydrogen) atoms. The lowest BCUT2D eigenvalue weighted by atomic mass is 10.4. The van der Waals surface area contributed by atoms with Gasteiger partial charge >= 0.3 is 0 Å². The summed E-state index contributed by atoms with van der Waals surface area (Å²) in [6, 6.07) is 0. The lowest BCUT2D eigenvalue weighted by Gasteiger charge is -2.18. The number of thiazole rings is 1. The monoisotopic (exact) mass is 246 g/mol. The van der Waals surface area contributed by atoms with Crippen molar-refractivity contribution in [3.8, 4) is 0 Å². The number of aromatic nitrogens is 1. The molecule has 1 heterocycles. The first-order chi connectivity index (χ1) is 7.24. The molecule has 0 radical (unpaired) electrons. The van der Waals surface area contributed by atoms with Gasteiger partial charge < -0.3 is 10.0 Å². The van der Waals surface area contributed by atoms with E-state index in [0.29, 0.717) is 5.15 Å². The molecule has 0 atom stereocenters. The number of halogens is 1. The average molecular weight is 247 g/mol. The molecule has 1 fully saturated rings. The van der Waals surface area contributed by atoms with Crippen molar-refractivity contribution in [2.75, 3.05) is 18.0 Å². The summed E-state index contributed by atoms with van der Waals surface area (Å²) in [7, 11) is 0. The first-order valence-corrected chi connectivity index (χ1v) is 6.45. The van der Waals surface area contributed by atoms with Gasteiger partial charge in [-0.05, 0) is 25.7 Å². The smallest absolute Gasteiger partial charge is 0.187 e. The molecule has 5 heteroatoms. The summed E-state index contributed by atoms with van der Waals surface area (Å²) in [5.41, 5.74) is 0. The Morgan fingerprint density at radius 2 is 2.33 bits per heavy atom. The quantitative estimate of drug-likeness (QED) is 0.868. The molecule has 0 amide bonds. The number of nitrogens with zero attached hydrogens (tertiary/aromatic N) is 2. The predicted octanol–water partition coefficient (Wildman–Crippen LogP) is 2.53. The minimum Gasteiger partial charge on any atom is -0.391 e. The van der Waals surface area contributed by atoms with Crippen LogP contribution in [0, 0.1) is 5.92 Å². The van der Waals surface area contributed by atoms with Gasteiger partial charge in [0.25, 0.3) is 0 Å². The largest absolute Gasteiger partial charge is 0.391 e. The zero-order valence-corrected chi connectivity index (χ0v) is 10.3. The van der Waals surface area contributed by atoms with Crippen molar-refractivity contribution in [1.82, 2.24) is 4.98 Å². The number of rotatable bonds is 5. The molecular weight excluding hydrogens is 232 g/mol. The third-order valence-electron chi connectivity index (χ3n) is 2.61. The van der Waals surface area contributed by atoms with Gasteiger partial charge in [0.15, 0.2) is 5.13 Å². The fourth-order valence-electron chi connectivity index (χ4n) is 1.51. The van der Waals surface area contributed by atoms with Crippen molar-refractivity contribution < 1.29 is 5.11 Å². The molecule has 3 nitrogen and oxygen atoms in total. The normalized spacial score (nSPS) is 15.7. The van der Waals surface area contributed by atoms with Crippen LogP contribution < -0.4 is 4.90 Å². The van der Waals surface area contributed by atoms with Crippen molar-refractivity contribution in [3.63, 3.8) is 0 Å². The maximum atomic E-state index is 9.05. The molecule has 1 aliphatic carbocycles. The van der Waals surface area contributed by atoms with E-state index < -0.39 is 0 Å². The van der Waals surface area contributed by atoms with Crippen molar-refractivity contribution in [3.05, 3.63) is 10.0 Å². The van der Waals surface area contributed by atoms with Gasteiger partial charge in [0.1, 0.15) is 5.15 Å². The molecule has 1 saturated carbocycles. The molecule has 0 bridgehead atoms. The SMILES string of the molecule is CCN(CC1CC1)c1nc(Cl)c(CO)s1. The highest BCUT2D eigenvalue weighted by molar-refractivity contribution is 7.16. The topological polar surface area (TPSA) is 36.4 Å². The molecule has 0 unspecified atom stereocenters. The van der Waals surface area contributed by atoms with E-state index in [1.54, 1.807) is 0 Å². The van der Waals surface area contributed by atoms with Gasteiger partial charge in [-0.25, -0.2) is 4.98 Å². The standard InChI is InChI=1S/C10H15ClN2OS/c1-2-13(5-7-3-4-7)10-12-9(11)8(6-14)15-10/h7,14H,2-6H2,1H3.